The number of ketones is 1. The van der Waals surface area contributed by atoms with Crippen molar-refractivity contribution in [2.75, 3.05) is 7.11 Å². The van der Waals surface area contributed by atoms with Gasteiger partial charge in [-0.3, -0.25) is 9.59 Å². The highest BCUT2D eigenvalue weighted by Gasteiger charge is 2.40. The van der Waals surface area contributed by atoms with E-state index in [0.29, 0.717) is 25.7 Å². The zero-order valence-corrected chi connectivity index (χ0v) is 18.6. The summed E-state index contributed by atoms with van der Waals surface area (Å²) >= 11 is 11.9. The van der Waals surface area contributed by atoms with E-state index in [1.807, 2.05) is 0 Å². The highest BCUT2D eigenvalue weighted by molar-refractivity contribution is 7.89. The summed E-state index contributed by atoms with van der Waals surface area (Å²) in [5.74, 6) is -0.636. The molecule has 2 aromatic rings. The monoisotopic (exact) mass is 467 g/mol. The van der Waals surface area contributed by atoms with Crippen LogP contribution in [0.4, 0.5) is 0 Å². The number of benzene rings is 2. The molecule has 0 N–H and O–H groups in total. The first-order valence-electron chi connectivity index (χ1n) is 9.06. The van der Waals surface area contributed by atoms with E-state index in [2.05, 4.69) is 0 Å². The molecule has 0 radical (unpaired) electrons. The first kappa shape index (κ1) is 22.3. The van der Waals surface area contributed by atoms with Crippen LogP contribution in [0.1, 0.15) is 25.3 Å². The van der Waals surface area contributed by atoms with Crippen molar-refractivity contribution in [1.29, 1.82) is 0 Å². The summed E-state index contributed by atoms with van der Waals surface area (Å²) in [4.78, 5) is 25.7. The number of hydrogen-bond donors (Lipinski definition) is 0. The van der Waals surface area contributed by atoms with Gasteiger partial charge in [-0.1, -0.05) is 23.2 Å². The van der Waals surface area contributed by atoms with E-state index >= 15 is 0 Å². The van der Waals surface area contributed by atoms with Gasteiger partial charge in [-0.05, 0) is 61.9 Å². The second-order valence-corrected chi connectivity index (χ2v) is 9.45. The Bertz CT molecular complexity index is 1130. The van der Waals surface area contributed by atoms with Gasteiger partial charge in [-0.2, -0.15) is 0 Å². The number of ether oxygens (including phenoxy) is 1. The number of sulfonamides is 1. The predicted molar refractivity (Wildman–Crippen MR) is 115 cm³/mol. The van der Waals surface area contributed by atoms with Crippen molar-refractivity contribution >= 4 is 51.0 Å². The SMILES string of the molecule is COc1ccc(Cl)cc1/C=C1\CCC(=O)[C@H](C)N(S(=O)(=O)c2ccc(Cl)cc2)C1=O. The maximum absolute atomic E-state index is 13.3. The molecule has 158 valence electrons. The Morgan fingerprint density at radius 2 is 1.67 bits per heavy atom. The minimum atomic E-state index is -4.28. The largest absolute Gasteiger partial charge is 0.496 e. The van der Waals surface area contributed by atoms with Crippen molar-refractivity contribution in [2.24, 2.45) is 0 Å². The van der Waals surface area contributed by atoms with Crippen LogP contribution in [0, 0.1) is 0 Å². The van der Waals surface area contributed by atoms with Crippen molar-refractivity contribution < 1.29 is 22.7 Å². The van der Waals surface area contributed by atoms with Crippen LogP contribution >= 0.6 is 23.2 Å². The molecule has 0 unspecified atom stereocenters. The molecule has 2 aromatic carbocycles. The molecule has 1 aliphatic heterocycles. The van der Waals surface area contributed by atoms with Gasteiger partial charge >= 0.3 is 0 Å². The summed E-state index contributed by atoms with van der Waals surface area (Å²) in [7, 11) is -2.80. The molecule has 1 saturated heterocycles. The average molecular weight is 468 g/mol. The van der Waals surface area contributed by atoms with E-state index in [-0.39, 0.29) is 29.1 Å². The number of hydrogen-bond acceptors (Lipinski definition) is 5. The first-order valence-corrected chi connectivity index (χ1v) is 11.3. The molecular weight excluding hydrogens is 449 g/mol. The lowest BCUT2D eigenvalue weighted by molar-refractivity contribution is -0.129. The van der Waals surface area contributed by atoms with Crippen LogP contribution in [0.2, 0.25) is 10.0 Å². The molecule has 0 spiro atoms. The minimum Gasteiger partial charge on any atom is -0.496 e. The van der Waals surface area contributed by atoms with Gasteiger partial charge in [0.05, 0.1) is 12.0 Å². The number of Topliss-reactive ketones (excluding diaryl/α,β-unsaturated/α-hetero) is 1. The number of methoxy groups -OCH3 is 1. The van der Waals surface area contributed by atoms with Crippen LogP contribution < -0.4 is 4.74 Å². The van der Waals surface area contributed by atoms with Gasteiger partial charge < -0.3 is 4.74 Å². The summed E-state index contributed by atoms with van der Waals surface area (Å²) in [5.41, 5.74) is 0.685. The van der Waals surface area contributed by atoms with E-state index in [1.165, 1.54) is 44.4 Å². The lowest BCUT2D eigenvalue weighted by Gasteiger charge is -2.26. The molecule has 0 aromatic heterocycles. The van der Waals surface area contributed by atoms with Crippen LogP contribution in [-0.2, 0) is 19.6 Å². The molecule has 1 heterocycles. The average Bonchev–Trinajstić information content (AvgIpc) is 2.80. The Morgan fingerprint density at radius 3 is 2.30 bits per heavy atom. The Hall–Kier alpha value is -2.35. The number of carbonyl (C=O) groups is 2. The predicted octanol–water partition coefficient (Wildman–Crippen LogP) is 4.35. The lowest BCUT2D eigenvalue weighted by Crippen LogP contribution is -2.45. The summed E-state index contributed by atoms with van der Waals surface area (Å²) in [6.45, 7) is 1.41. The third-order valence-electron chi connectivity index (χ3n) is 4.83. The zero-order valence-electron chi connectivity index (χ0n) is 16.3. The van der Waals surface area contributed by atoms with Crippen LogP contribution in [0.5, 0.6) is 5.75 Å². The molecular formula is C21H19Cl2NO5S. The molecule has 1 atom stereocenters. The summed E-state index contributed by atoms with van der Waals surface area (Å²) < 4.78 is 32.4. The van der Waals surface area contributed by atoms with Gasteiger partial charge in [-0.15, -0.1) is 0 Å². The van der Waals surface area contributed by atoms with Gasteiger partial charge in [-0.25, -0.2) is 12.7 Å². The third-order valence-corrected chi connectivity index (χ3v) is 7.18. The number of amides is 1. The number of carbonyl (C=O) groups excluding carboxylic acids is 2. The van der Waals surface area contributed by atoms with Crippen molar-refractivity contribution in [2.45, 2.75) is 30.7 Å². The number of nitrogens with zero attached hydrogens (tertiary/aromatic N) is 1. The minimum absolute atomic E-state index is 0.0360. The number of rotatable bonds is 4. The standard InChI is InChI=1S/C21H19Cl2NO5S/c1-13-19(25)9-3-14(11-15-12-17(23)6-10-20(15)29-2)21(26)24(13)30(27,28)18-7-4-16(22)5-8-18/h4-8,10-13H,3,9H2,1-2H3/b14-11+/t13-/m0/s1. The normalized spacial score (nSPS) is 19.1. The van der Waals surface area contributed by atoms with Gasteiger partial charge in [0.1, 0.15) is 11.8 Å². The van der Waals surface area contributed by atoms with Gasteiger partial charge in [0.25, 0.3) is 15.9 Å². The lowest BCUT2D eigenvalue weighted by atomic mass is 10.0. The highest BCUT2D eigenvalue weighted by atomic mass is 35.5. The molecule has 30 heavy (non-hydrogen) atoms. The van der Waals surface area contributed by atoms with Crippen LogP contribution in [0.3, 0.4) is 0 Å². The molecule has 1 amide bonds. The topological polar surface area (TPSA) is 80.8 Å². The Morgan fingerprint density at radius 1 is 1.03 bits per heavy atom. The molecule has 3 rings (SSSR count). The quantitative estimate of drug-likeness (QED) is 0.624. The fourth-order valence-corrected chi connectivity index (χ4v) is 5.08. The maximum atomic E-state index is 13.3. The molecule has 0 aliphatic carbocycles. The molecule has 9 heteroatoms. The van der Waals surface area contributed by atoms with E-state index in [0.717, 1.165) is 0 Å². The molecule has 0 bridgehead atoms. The van der Waals surface area contributed by atoms with Crippen molar-refractivity contribution in [3.8, 4) is 5.75 Å². The van der Waals surface area contributed by atoms with Gasteiger partial charge in [0.2, 0.25) is 0 Å². The zero-order chi connectivity index (χ0) is 22.1. The van der Waals surface area contributed by atoms with E-state index in [1.54, 1.807) is 18.2 Å². The van der Waals surface area contributed by atoms with Crippen LogP contribution in [-0.4, -0.2) is 37.6 Å². The third kappa shape index (κ3) is 4.38. The van der Waals surface area contributed by atoms with Crippen LogP contribution in [0.25, 0.3) is 6.08 Å². The first-order chi connectivity index (χ1) is 14.1. The van der Waals surface area contributed by atoms with Crippen molar-refractivity contribution in [3.05, 3.63) is 63.6 Å². The molecule has 1 aliphatic rings. The summed E-state index contributed by atoms with van der Waals surface area (Å²) in [6, 6.07) is 9.19. The van der Waals surface area contributed by atoms with Crippen molar-refractivity contribution in [3.63, 3.8) is 0 Å². The highest BCUT2D eigenvalue weighted by Crippen LogP contribution is 2.31. The molecule has 1 fully saturated rings. The summed E-state index contributed by atoms with van der Waals surface area (Å²) in [5, 5.41) is 0.785. The van der Waals surface area contributed by atoms with Crippen molar-refractivity contribution in [1.82, 2.24) is 4.31 Å². The Balaban J connectivity index is 2.11. The maximum Gasteiger partial charge on any atom is 0.267 e. The van der Waals surface area contributed by atoms with E-state index < -0.39 is 22.0 Å². The fraction of sp³-hybridized carbons (Fsp3) is 0.238. The Kier molecular flexibility index (Phi) is 6.55. The van der Waals surface area contributed by atoms with E-state index in [9.17, 15) is 18.0 Å². The Labute approximate surface area is 185 Å². The van der Waals surface area contributed by atoms with Gasteiger partial charge in [0.15, 0.2) is 5.78 Å². The molecule has 0 saturated carbocycles. The van der Waals surface area contributed by atoms with Crippen LogP contribution in [0.15, 0.2) is 52.9 Å². The number of halogens is 2. The second kappa shape index (κ2) is 8.79. The summed E-state index contributed by atoms with van der Waals surface area (Å²) in [6.07, 6.45) is 1.65. The van der Waals surface area contributed by atoms with Gasteiger partial charge in [0, 0.05) is 27.6 Å². The molecule has 6 nitrogen and oxygen atoms in total. The second-order valence-electron chi connectivity index (χ2n) is 6.76. The fourth-order valence-electron chi connectivity index (χ4n) is 3.20. The smallest absolute Gasteiger partial charge is 0.267 e. The van der Waals surface area contributed by atoms with E-state index in [4.69, 9.17) is 27.9 Å².